The van der Waals surface area contributed by atoms with Gasteiger partial charge in [-0.15, -0.1) is 0 Å². The molecule has 0 aliphatic rings. The van der Waals surface area contributed by atoms with E-state index >= 15 is 0 Å². The molecule has 0 atom stereocenters. The van der Waals surface area contributed by atoms with Crippen molar-refractivity contribution in [2.24, 2.45) is 0 Å². The van der Waals surface area contributed by atoms with Crippen molar-refractivity contribution in [3.05, 3.63) is 52.2 Å². The first-order chi connectivity index (χ1) is 8.74. The van der Waals surface area contributed by atoms with Gasteiger partial charge in [-0.2, -0.15) is 11.3 Å². The quantitative estimate of drug-likeness (QED) is 0.792. The lowest BCUT2D eigenvalue weighted by atomic mass is 10.1. The van der Waals surface area contributed by atoms with Crippen LogP contribution in [-0.4, -0.2) is 12.4 Å². The molecular formula is C15H16O2S. The fraction of sp³-hybridized carbons (Fsp3) is 0.267. The molecule has 0 N–H and O–H groups in total. The Hall–Kier alpha value is -1.61. The smallest absolute Gasteiger partial charge is 0.140 e. The van der Waals surface area contributed by atoms with Gasteiger partial charge in [-0.25, -0.2) is 0 Å². The topological polar surface area (TPSA) is 26.3 Å². The third kappa shape index (κ3) is 4.00. The number of hydrogen-bond donors (Lipinski definition) is 0. The third-order valence-corrected chi connectivity index (χ3v) is 3.35. The predicted octanol–water partition coefficient (Wildman–Crippen LogP) is 3.64. The summed E-state index contributed by atoms with van der Waals surface area (Å²) in [6.45, 7) is 2.47. The van der Waals surface area contributed by atoms with Crippen LogP contribution in [0.5, 0.6) is 5.75 Å². The predicted molar refractivity (Wildman–Crippen MR) is 74.3 cm³/mol. The van der Waals surface area contributed by atoms with E-state index in [1.807, 2.05) is 48.0 Å². The molecule has 0 saturated heterocycles. The summed E-state index contributed by atoms with van der Waals surface area (Å²) < 4.78 is 5.56. The molecule has 0 aliphatic heterocycles. The maximum Gasteiger partial charge on any atom is 0.140 e. The van der Waals surface area contributed by atoms with Gasteiger partial charge in [0.05, 0.1) is 6.61 Å². The Morgan fingerprint density at radius 3 is 2.94 bits per heavy atom. The molecule has 0 amide bonds. The summed E-state index contributed by atoms with van der Waals surface area (Å²) in [7, 11) is 0. The van der Waals surface area contributed by atoms with Crippen LogP contribution in [0.15, 0.2) is 41.1 Å². The largest absolute Gasteiger partial charge is 0.493 e. The van der Waals surface area contributed by atoms with Crippen LogP contribution in [0.2, 0.25) is 0 Å². The molecule has 0 radical (unpaired) electrons. The molecule has 94 valence electrons. The average molecular weight is 260 g/mol. The molecule has 0 bridgehead atoms. The van der Waals surface area contributed by atoms with Gasteiger partial charge in [0.25, 0.3) is 0 Å². The maximum atomic E-state index is 11.7. The van der Waals surface area contributed by atoms with Crippen molar-refractivity contribution in [2.45, 2.75) is 19.8 Å². The van der Waals surface area contributed by atoms with Gasteiger partial charge in [-0.3, -0.25) is 4.79 Å². The van der Waals surface area contributed by atoms with E-state index in [1.165, 1.54) is 0 Å². The van der Waals surface area contributed by atoms with Crippen molar-refractivity contribution in [3.63, 3.8) is 0 Å². The molecule has 0 saturated carbocycles. The molecule has 0 fully saturated rings. The first-order valence-electron chi connectivity index (χ1n) is 5.96. The van der Waals surface area contributed by atoms with Crippen molar-refractivity contribution in [3.8, 4) is 5.75 Å². The molecule has 1 aromatic heterocycles. The van der Waals surface area contributed by atoms with Crippen LogP contribution < -0.4 is 4.74 Å². The second kappa shape index (κ2) is 6.36. The SMILES string of the molecule is Cc1cccc(OCCC(=O)Cc2ccsc2)c1. The minimum atomic E-state index is 0.223. The minimum Gasteiger partial charge on any atom is -0.493 e. The van der Waals surface area contributed by atoms with Crippen molar-refractivity contribution in [1.82, 2.24) is 0 Å². The Morgan fingerprint density at radius 1 is 1.33 bits per heavy atom. The number of carbonyl (C=O) groups excluding carboxylic acids is 1. The summed E-state index contributed by atoms with van der Waals surface area (Å²) in [6, 6.07) is 9.86. The third-order valence-electron chi connectivity index (χ3n) is 2.62. The fourth-order valence-electron chi connectivity index (χ4n) is 1.70. The average Bonchev–Trinajstić information content (AvgIpc) is 2.82. The Morgan fingerprint density at radius 2 is 2.22 bits per heavy atom. The van der Waals surface area contributed by atoms with E-state index in [2.05, 4.69) is 0 Å². The lowest BCUT2D eigenvalue weighted by molar-refractivity contribution is -0.118. The van der Waals surface area contributed by atoms with Crippen molar-refractivity contribution in [1.29, 1.82) is 0 Å². The number of aryl methyl sites for hydroxylation is 1. The van der Waals surface area contributed by atoms with E-state index in [0.717, 1.165) is 16.9 Å². The second-order valence-electron chi connectivity index (χ2n) is 4.26. The number of benzene rings is 1. The number of thiophene rings is 1. The zero-order chi connectivity index (χ0) is 12.8. The molecule has 2 aromatic rings. The van der Waals surface area contributed by atoms with Gasteiger partial charge >= 0.3 is 0 Å². The van der Waals surface area contributed by atoms with Gasteiger partial charge in [0.1, 0.15) is 11.5 Å². The van der Waals surface area contributed by atoms with Crippen LogP contribution in [0.3, 0.4) is 0 Å². The minimum absolute atomic E-state index is 0.223. The molecule has 2 rings (SSSR count). The summed E-state index contributed by atoms with van der Waals surface area (Å²) in [6.07, 6.45) is 0.977. The Bertz CT molecular complexity index is 503. The van der Waals surface area contributed by atoms with Crippen molar-refractivity contribution >= 4 is 17.1 Å². The number of hydrogen-bond acceptors (Lipinski definition) is 3. The Labute approximate surface area is 111 Å². The highest BCUT2D eigenvalue weighted by Crippen LogP contribution is 2.13. The van der Waals surface area contributed by atoms with Gasteiger partial charge in [0.2, 0.25) is 0 Å². The maximum absolute atomic E-state index is 11.7. The summed E-state index contributed by atoms with van der Waals surface area (Å²) in [5.41, 5.74) is 2.26. The van der Waals surface area contributed by atoms with Crippen LogP contribution in [0.4, 0.5) is 0 Å². The highest BCUT2D eigenvalue weighted by atomic mass is 32.1. The summed E-state index contributed by atoms with van der Waals surface area (Å²) in [5.74, 6) is 1.05. The van der Waals surface area contributed by atoms with E-state index in [1.54, 1.807) is 11.3 Å². The molecule has 0 spiro atoms. The monoisotopic (exact) mass is 260 g/mol. The zero-order valence-electron chi connectivity index (χ0n) is 10.4. The number of Topliss-reactive ketones (excluding diaryl/α,β-unsaturated/α-hetero) is 1. The van der Waals surface area contributed by atoms with Gasteiger partial charge in [0.15, 0.2) is 0 Å². The normalized spacial score (nSPS) is 10.3. The second-order valence-corrected chi connectivity index (χ2v) is 5.04. The fourth-order valence-corrected chi connectivity index (χ4v) is 2.37. The van der Waals surface area contributed by atoms with Crippen LogP contribution in [-0.2, 0) is 11.2 Å². The number of rotatable bonds is 6. The molecule has 18 heavy (non-hydrogen) atoms. The van der Waals surface area contributed by atoms with E-state index in [-0.39, 0.29) is 5.78 Å². The number of carbonyl (C=O) groups is 1. The molecule has 0 unspecified atom stereocenters. The van der Waals surface area contributed by atoms with Gasteiger partial charge in [0, 0.05) is 12.8 Å². The lowest BCUT2D eigenvalue weighted by Crippen LogP contribution is -2.08. The lowest BCUT2D eigenvalue weighted by Gasteiger charge is -2.06. The van der Waals surface area contributed by atoms with Crippen LogP contribution in [0.25, 0.3) is 0 Å². The van der Waals surface area contributed by atoms with Crippen molar-refractivity contribution < 1.29 is 9.53 Å². The molecule has 1 heterocycles. The summed E-state index contributed by atoms with van der Waals surface area (Å²) >= 11 is 1.62. The standard InChI is InChI=1S/C15H16O2S/c1-12-3-2-4-15(9-12)17-7-5-14(16)10-13-6-8-18-11-13/h2-4,6,8-9,11H,5,7,10H2,1H3. The Balaban J connectivity index is 1.73. The van der Waals surface area contributed by atoms with E-state index < -0.39 is 0 Å². The van der Waals surface area contributed by atoms with E-state index in [0.29, 0.717) is 19.4 Å². The summed E-state index contributed by atoms with van der Waals surface area (Å²) in [5, 5.41) is 4.01. The van der Waals surface area contributed by atoms with Crippen LogP contribution in [0, 0.1) is 6.92 Å². The number of ketones is 1. The summed E-state index contributed by atoms with van der Waals surface area (Å²) in [4.78, 5) is 11.7. The van der Waals surface area contributed by atoms with Crippen molar-refractivity contribution in [2.75, 3.05) is 6.61 Å². The van der Waals surface area contributed by atoms with Crippen LogP contribution >= 0.6 is 11.3 Å². The first kappa shape index (κ1) is 12.8. The van der Waals surface area contributed by atoms with Crippen LogP contribution in [0.1, 0.15) is 17.5 Å². The molecule has 3 heteroatoms. The molecule has 2 nitrogen and oxygen atoms in total. The Kier molecular flexibility index (Phi) is 4.53. The van der Waals surface area contributed by atoms with Gasteiger partial charge in [-0.1, -0.05) is 12.1 Å². The van der Waals surface area contributed by atoms with E-state index in [4.69, 9.17) is 4.74 Å². The highest BCUT2D eigenvalue weighted by molar-refractivity contribution is 7.07. The zero-order valence-corrected chi connectivity index (χ0v) is 11.2. The molecular weight excluding hydrogens is 244 g/mol. The number of ether oxygens (including phenoxy) is 1. The van der Waals surface area contributed by atoms with E-state index in [9.17, 15) is 4.79 Å². The highest BCUT2D eigenvalue weighted by Gasteiger charge is 2.04. The molecule has 0 aliphatic carbocycles. The van der Waals surface area contributed by atoms with Gasteiger partial charge in [-0.05, 0) is 47.0 Å². The van der Waals surface area contributed by atoms with Gasteiger partial charge < -0.3 is 4.74 Å². The first-order valence-corrected chi connectivity index (χ1v) is 6.90. The molecule has 1 aromatic carbocycles.